The SMILES string of the molecule is Cc1ccc(C(C)C)c(OCC(=O)OCCN2CCOCC2)c1. The van der Waals surface area contributed by atoms with Crippen molar-refractivity contribution in [2.24, 2.45) is 0 Å². The molecule has 23 heavy (non-hydrogen) atoms. The third kappa shape index (κ3) is 5.84. The molecule has 0 radical (unpaired) electrons. The van der Waals surface area contributed by atoms with Gasteiger partial charge in [0.1, 0.15) is 12.4 Å². The van der Waals surface area contributed by atoms with E-state index in [9.17, 15) is 4.79 Å². The Morgan fingerprint density at radius 1 is 1.30 bits per heavy atom. The molecule has 1 heterocycles. The van der Waals surface area contributed by atoms with Gasteiger partial charge in [-0.15, -0.1) is 0 Å². The molecule has 2 rings (SSSR count). The highest BCUT2D eigenvalue weighted by atomic mass is 16.6. The van der Waals surface area contributed by atoms with Crippen molar-refractivity contribution in [1.82, 2.24) is 4.90 Å². The number of hydrogen-bond acceptors (Lipinski definition) is 5. The summed E-state index contributed by atoms with van der Waals surface area (Å²) in [5.41, 5.74) is 2.22. The molecule has 1 aliphatic heterocycles. The topological polar surface area (TPSA) is 48.0 Å². The van der Waals surface area contributed by atoms with E-state index >= 15 is 0 Å². The summed E-state index contributed by atoms with van der Waals surface area (Å²) in [5, 5.41) is 0. The van der Waals surface area contributed by atoms with Crippen molar-refractivity contribution >= 4 is 5.97 Å². The summed E-state index contributed by atoms with van der Waals surface area (Å²) < 4.78 is 16.2. The van der Waals surface area contributed by atoms with Crippen LogP contribution in [0.15, 0.2) is 18.2 Å². The monoisotopic (exact) mass is 321 g/mol. The average Bonchev–Trinajstić information content (AvgIpc) is 2.53. The normalized spacial score (nSPS) is 15.7. The van der Waals surface area contributed by atoms with Crippen LogP contribution in [0.2, 0.25) is 0 Å². The third-order valence-electron chi connectivity index (χ3n) is 3.91. The first-order valence-corrected chi connectivity index (χ1v) is 8.25. The number of ether oxygens (including phenoxy) is 3. The Balaban J connectivity index is 1.74. The number of hydrogen-bond donors (Lipinski definition) is 0. The lowest BCUT2D eigenvalue weighted by Crippen LogP contribution is -2.38. The molecule has 0 unspecified atom stereocenters. The van der Waals surface area contributed by atoms with Crippen LogP contribution in [0.5, 0.6) is 5.75 Å². The Hall–Kier alpha value is -1.59. The zero-order valence-electron chi connectivity index (χ0n) is 14.3. The first-order valence-electron chi connectivity index (χ1n) is 8.25. The van der Waals surface area contributed by atoms with Gasteiger partial charge in [-0.3, -0.25) is 4.90 Å². The molecule has 0 saturated carbocycles. The maximum Gasteiger partial charge on any atom is 0.344 e. The quantitative estimate of drug-likeness (QED) is 0.722. The molecule has 0 amide bonds. The van der Waals surface area contributed by atoms with Gasteiger partial charge >= 0.3 is 5.97 Å². The Morgan fingerprint density at radius 2 is 2.04 bits per heavy atom. The lowest BCUT2D eigenvalue weighted by molar-refractivity contribution is -0.146. The number of carbonyl (C=O) groups excluding carboxylic acids is 1. The molecule has 0 spiro atoms. The van der Waals surface area contributed by atoms with Crippen LogP contribution in [0.1, 0.15) is 30.9 Å². The molecule has 5 nitrogen and oxygen atoms in total. The number of carbonyl (C=O) groups is 1. The van der Waals surface area contributed by atoms with Gasteiger partial charge in [0.25, 0.3) is 0 Å². The van der Waals surface area contributed by atoms with Crippen LogP contribution in [0, 0.1) is 6.92 Å². The molecule has 128 valence electrons. The van der Waals surface area contributed by atoms with E-state index in [-0.39, 0.29) is 12.6 Å². The standard InChI is InChI=1S/C18H27NO4/c1-14(2)16-5-4-15(3)12-17(16)23-13-18(20)22-11-8-19-6-9-21-10-7-19/h4-5,12,14H,6-11,13H2,1-3H3. The van der Waals surface area contributed by atoms with Gasteiger partial charge in [0, 0.05) is 19.6 Å². The van der Waals surface area contributed by atoms with Crippen LogP contribution < -0.4 is 4.74 Å². The summed E-state index contributed by atoms with van der Waals surface area (Å²) in [6.07, 6.45) is 0. The van der Waals surface area contributed by atoms with E-state index in [1.807, 2.05) is 13.0 Å². The summed E-state index contributed by atoms with van der Waals surface area (Å²) in [7, 11) is 0. The number of rotatable bonds is 7. The number of morpholine rings is 1. The van der Waals surface area contributed by atoms with Gasteiger partial charge in [-0.2, -0.15) is 0 Å². The molecule has 0 aromatic heterocycles. The number of benzene rings is 1. The maximum atomic E-state index is 11.8. The second-order valence-corrected chi connectivity index (χ2v) is 6.16. The van der Waals surface area contributed by atoms with Crippen LogP contribution in [0.4, 0.5) is 0 Å². The van der Waals surface area contributed by atoms with E-state index in [0.29, 0.717) is 12.5 Å². The van der Waals surface area contributed by atoms with Crippen molar-refractivity contribution < 1.29 is 19.0 Å². The number of esters is 1. The summed E-state index contributed by atoms with van der Waals surface area (Å²) in [6.45, 7) is 10.6. The smallest absolute Gasteiger partial charge is 0.344 e. The van der Waals surface area contributed by atoms with Crippen LogP contribution >= 0.6 is 0 Å². The van der Waals surface area contributed by atoms with Crippen LogP contribution in [-0.4, -0.2) is 56.9 Å². The zero-order valence-corrected chi connectivity index (χ0v) is 14.3. The predicted octanol–water partition coefficient (Wildman–Crippen LogP) is 2.37. The second kappa shape index (κ2) is 8.89. The van der Waals surface area contributed by atoms with Gasteiger partial charge in [0.15, 0.2) is 6.61 Å². The average molecular weight is 321 g/mol. The lowest BCUT2D eigenvalue weighted by atomic mass is 10.0. The minimum Gasteiger partial charge on any atom is -0.482 e. The van der Waals surface area contributed by atoms with Crippen molar-refractivity contribution in [2.75, 3.05) is 46.1 Å². The Labute approximate surface area is 138 Å². The molecular weight excluding hydrogens is 294 g/mol. The fourth-order valence-electron chi connectivity index (χ4n) is 2.54. The van der Waals surface area contributed by atoms with E-state index in [1.165, 1.54) is 0 Å². The van der Waals surface area contributed by atoms with Gasteiger partial charge < -0.3 is 14.2 Å². The molecule has 1 aliphatic rings. The van der Waals surface area contributed by atoms with Crippen molar-refractivity contribution in [2.45, 2.75) is 26.7 Å². The van der Waals surface area contributed by atoms with E-state index in [4.69, 9.17) is 14.2 Å². The maximum absolute atomic E-state index is 11.8. The molecule has 5 heteroatoms. The molecule has 0 N–H and O–H groups in total. The summed E-state index contributed by atoms with van der Waals surface area (Å²) in [6, 6.07) is 6.08. The fourth-order valence-corrected chi connectivity index (χ4v) is 2.54. The zero-order chi connectivity index (χ0) is 16.7. The van der Waals surface area contributed by atoms with Gasteiger partial charge in [-0.25, -0.2) is 4.79 Å². The van der Waals surface area contributed by atoms with E-state index in [2.05, 4.69) is 30.9 Å². The largest absolute Gasteiger partial charge is 0.482 e. The van der Waals surface area contributed by atoms with E-state index in [0.717, 1.165) is 49.7 Å². The molecule has 1 saturated heterocycles. The molecule has 1 aromatic rings. The first kappa shape index (κ1) is 17.8. The van der Waals surface area contributed by atoms with Gasteiger partial charge in [-0.05, 0) is 30.0 Å². The van der Waals surface area contributed by atoms with Gasteiger partial charge in [0.05, 0.1) is 13.2 Å². The van der Waals surface area contributed by atoms with Gasteiger partial charge in [-0.1, -0.05) is 26.0 Å². The molecule has 0 bridgehead atoms. The Bertz CT molecular complexity index is 510. The minimum atomic E-state index is -0.325. The minimum absolute atomic E-state index is 0.0493. The number of nitrogens with zero attached hydrogens (tertiary/aromatic N) is 1. The van der Waals surface area contributed by atoms with Crippen molar-refractivity contribution in [1.29, 1.82) is 0 Å². The van der Waals surface area contributed by atoms with E-state index in [1.54, 1.807) is 0 Å². The predicted molar refractivity (Wildman–Crippen MR) is 89.0 cm³/mol. The Kier molecular flexibility index (Phi) is 6.86. The first-order chi connectivity index (χ1) is 11.1. The van der Waals surface area contributed by atoms with Gasteiger partial charge in [0.2, 0.25) is 0 Å². The summed E-state index contributed by atoms with van der Waals surface area (Å²) in [5.74, 6) is 0.794. The van der Waals surface area contributed by atoms with E-state index < -0.39 is 0 Å². The molecule has 0 atom stereocenters. The van der Waals surface area contributed by atoms with Crippen LogP contribution in [0.25, 0.3) is 0 Å². The number of aryl methyl sites for hydroxylation is 1. The van der Waals surface area contributed by atoms with Crippen LogP contribution in [0.3, 0.4) is 0 Å². The highest BCUT2D eigenvalue weighted by Crippen LogP contribution is 2.27. The second-order valence-electron chi connectivity index (χ2n) is 6.16. The Morgan fingerprint density at radius 3 is 2.74 bits per heavy atom. The highest BCUT2D eigenvalue weighted by Gasteiger charge is 2.13. The molecular formula is C18H27NO4. The molecule has 1 aromatic carbocycles. The third-order valence-corrected chi connectivity index (χ3v) is 3.91. The molecule has 0 aliphatic carbocycles. The van der Waals surface area contributed by atoms with Crippen molar-refractivity contribution in [3.05, 3.63) is 29.3 Å². The van der Waals surface area contributed by atoms with Crippen LogP contribution in [-0.2, 0) is 14.3 Å². The van der Waals surface area contributed by atoms with Crippen molar-refractivity contribution in [3.63, 3.8) is 0 Å². The lowest BCUT2D eigenvalue weighted by Gasteiger charge is -2.26. The summed E-state index contributed by atoms with van der Waals surface area (Å²) >= 11 is 0. The highest BCUT2D eigenvalue weighted by molar-refractivity contribution is 5.71. The van der Waals surface area contributed by atoms with Crippen molar-refractivity contribution in [3.8, 4) is 5.75 Å². The summed E-state index contributed by atoms with van der Waals surface area (Å²) in [4.78, 5) is 14.1. The molecule has 1 fully saturated rings. The fraction of sp³-hybridized carbons (Fsp3) is 0.611.